The SMILES string of the molecule is Clc1ccc2c(c1)N=C(N1CCNCC1)c1ccsc1N2. The van der Waals surface area contributed by atoms with Gasteiger partial charge in [0.25, 0.3) is 0 Å². The molecule has 0 amide bonds. The molecule has 6 heteroatoms. The molecule has 0 aliphatic carbocycles. The first-order valence-corrected chi connectivity index (χ1v) is 8.26. The fourth-order valence-corrected chi connectivity index (χ4v) is 3.66. The van der Waals surface area contributed by atoms with E-state index in [4.69, 9.17) is 16.6 Å². The summed E-state index contributed by atoms with van der Waals surface area (Å²) in [6, 6.07) is 7.95. The molecule has 1 aromatic carbocycles. The van der Waals surface area contributed by atoms with Gasteiger partial charge in [-0.15, -0.1) is 11.3 Å². The van der Waals surface area contributed by atoms with Crippen molar-refractivity contribution >= 4 is 45.1 Å². The molecule has 2 aliphatic heterocycles. The number of amidine groups is 1. The van der Waals surface area contributed by atoms with Crippen molar-refractivity contribution < 1.29 is 0 Å². The van der Waals surface area contributed by atoms with Crippen LogP contribution in [0.4, 0.5) is 16.4 Å². The Morgan fingerprint density at radius 3 is 2.90 bits per heavy atom. The number of piperazine rings is 1. The number of nitrogens with zero attached hydrogens (tertiary/aromatic N) is 2. The molecule has 2 aliphatic rings. The van der Waals surface area contributed by atoms with Gasteiger partial charge in [0.2, 0.25) is 0 Å². The van der Waals surface area contributed by atoms with E-state index in [1.165, 1.54) is 5.56 Å². The molecule has 0 saturated carbocycles. The van der Waals surface area contributed by atoms with E-state index in [0.29, 0.717) is 5.02 Å². The van der Waals surface area contributed by atoms with Crippen LogP contribution in [0.15, 0.2) is 34.6 Å². The highest BCUT2D eigenvalue weighted by Gasteiger charge is 2.23. The second-order valence-electron chi connectivity index (χ2n) is 5.12. The molecule has 0 spiro atoms. The van der Waals surface area contributed by atoms with E-state index >= 15 is 0 Å². The van der Waals surface area contributed by atoms with Gasteiger partial charge in [-0.2, -0.15) is 0 Å². The van der Waals surface area contributed by atoms with Crippen LogP contribution in [0.2, 0.25) is 5.02 Å². The van der Waals surface area contributed by atoms with E-state index in [1.54, 1.807) is 11.3 Å². The van der Waals surface area contributed by atoms with Gasteiger partial charge in [0, 0.05) is 31.2 Å². The molecular weight excluding hydrogens is 304 g/mol. The Balaban J connectivity index is 1.85. The minimum Gasteiger partial charge on any atom is -0.353 e. The molecule has 1 fully saturated rings. The molecular formula is C15H15ClN4S. The summed E-state index contributed by atoms with van der Waals surface area (Å²) in [5, 5.41) is 10.8. The van der Waals surface area contributed by atoms with Crippen molar-refractivity contribution in [3.8, 4) is 0 Å². The molecule has 108 valence electrons. The summed E-state index contributed by atoms with van der Waals surface area (Å²) in [5.41, 5.74) is 3.09. The van der Waals surface area contributed by atoms with Crippen molar-refractivity contribution in [2.75, 3.05) is 31.5 Å². The summed E-state index contributed by atoms with van der Waals surface area (Å²) in [6.45, 7) is 3.94. The van der Waals surface area contributed by atoms with E-state index in [9.17, 15) is 0 Å². The van der Waals surface area contributed by atoms with Crippen molar-refractivity contribution in [1.82, 2.24) is 10.2 Å². The zero-order valence-electron chi connectivity index (χ0n) is 11.4. The first-order valence-electron chi connectivity index (χ1n) is 7.00. The number of fused-ring (bicyclic) bond motifs is 2. The highest BCUT2D eigenvalue weighted by Crippen LogP contribution is 2.38. The first kappa shape index (κ1) is 13.1. The number of hydrogen-bond acceptors (Lipinski definition) is 5. The van der Waals surface area contributed by atoms with E-state index in [2.05, 4.69) is 27.0 Å². The summed E-state index contributed by atoms with van der Waals surface area (Å²) in [7, 11) is 0. The zero-order chi connectivity index (χ0) is 14.2. The standard InChI is InChI=1S/C15H15ClN4S/c16-10-1-2-12-13(9-10)18-14(20-6-4-17-5-7-20)11-3-8-21-15(11)19-12/h1-3,8-9,17,19H,4-7H2. The lowest BCUT2D eigenvalue weighted by Crippen LogP contribution is -2.46. The Bertz CT molecular complexity index is 703. The fraction of sp³-hybridized carbons (Fsp3) is 0.267. The van der Waals surface area contributed by atoms with Gasteiger partial charge in [0.15, 0.2) is 0 Å². The van der Waals surface area contributed by atoms with Crippen molar-refractivity contribution in [1.29, 1.82) is 0 Å². The second-order valence-corrected chi connectivity index (χ2v) is 6.47. The van der Waals surface area contributed by atoms with Crippen LogP contribution in [0.1, 0.15) is 5.56 Å². The van der Waals surface area contributed by atoms with E-state index in [-0.39, 0.29) is 0 Å². The highest BCUT2D eigenvalue weighted by molar-refractivity contribution is 7.14. The van der Waals surface area contributed by atoms with Crippen molar-refractivity contribution in [3.05, 3.63) is 40.2 Å². The average Bonchev–Trinajstić information content (AvgIpc) is 2.90. The number of aliphatic imine (C=N–C) groups is 1. The second kappa shape index (κ2) is 5.33. The van der Waals surface area contributed by atoms with E-state index in [1.807, 2.05) is 18.2 Å². The van der Waals surface area contributed by atoms with Gasteiger partial charge in [-0.25, -0.2) is 4.99 Å². The predicted octanol–water partition coefficient (Wildman–Crippen LogP) is 3.44. The molecule has 3 heterocycles. The van der Waals surface area contributed by atoms with Crippen LogP contribution >= 0.6 is 22.9 Å². The Labute approximate surface area is 132 Å². The number of benzene rings is 1. The first-order chi connectivity index (χ1) is 10.3. The van der Waals surface area contributed by atoms with Gasteiger partial charge >= 0.3 is 0 Å². The summed E-state index contributed by atoms with van der Waals surface area (Å²) >= 11 is 7.84. The van der Waals surface area contributed by atoms with E-state index in [0.717, 1.165) is 48.4 Å². The number of nitrogens with one attached hydrogen (secondary N) is 2. The normalized spacial score (nSPS) is 17.4. The van der Waals surface area contributed by atoms with Crippen LogP contribution in [0.5, 0.6) is 0 Å². The molecule has 0 unspecified atom stereocenters. The number of anilines is 2. The summed E-state index contributed by atoms with van der Waals surface area (Å²) in [6.07, 6.45) is 0. The van der Waals surface area contributed by atoms with Crippen LogP contribution in [0.25, 0.3) is 0 Å². The van der Waals surface area contributed by atoms with Crippen LogP contribution in [-0.4, -0.2) is 36.9 Å². The summed E-state index contributed by atoms with van der Waals surface area (Å²) < 4.78 is 0. The Morgan fingerprint density at radius 2 is 2.05 bits per heavy atom. The van der Waals surface area contributed by atoms with Crippen LogP contribution in [0, 0.1) is 0 Å². The Kier molecular flexibility index (Phi) is 3.33. The summed E-state index contributed by atoms with van der Waals surface area (Å²) in [4.78, 5) is 7.26. The predicted molar refractivity (Wildman–Crippen MR) is 89.7 cm³/mol. The minimum atomic E-state index is 0.712. The monoisotopic (exact) mass is 318 g/mol. The summed E-state index contributed by atoms with van der Waals surface area (Å²) in [5.74, 6) is 1.04. The molecule has 0 bridgehead atoms. The largest absolute Gasteiger partial charge is 0.353 e. The molecule has 1 saturated heterocycles. The van der Waals surface area contributed by atoms with Gasteiger partial charge in [0.1, 0.15) is 10.8 Å². The van der Waals surface area contributed by atoms with Gasteiger partial charge < -0.3 is 15.5 Å². The lowest BCUT2D eigenvalue weighted by atomic mass is 10.2. The lowest BCUT2D eigenvalue weighted by molar-refractivity contribution is 0.358. The van der Waals surface area contributed by atoms with E-state index < -0.39 is 0 Å². The van der Waals surface area contributed by atoms with Crippen LogP contribution in [-0.2, 0) is 0 Å². The highest BCUT2D eigenvalue weighted by atomic mass is 35.5. The molecule has 0 atom stereocenters. The quantitative estimate of drug-likeness (QED) is 0.781. The molecule has 1 aromatic heterocycles. The minimum absolute atomic E-state index is 0.712. The fourth-order valence-electron chi connectivity index (χ4n) is 2.70. The molecule has 4 nitrogen and oxygen atoms in total. The molecule has 2 aromatic rings. The maximum absolute atomic E-state index is 6.13. The zero-order valence-corrected chi connectivity index (χ0v) is 13.0. The third kappa shape index (κ3) is 2.41. The van der Waals surface area contributed by atoms with Crippen LogP contribution in [0.3, 0.4) is 0 Å². The van der Waals surface area contributed by atoms with Crippen molar-refractivity contribution in [3.63, 3.8) is 0 Å². The maximum atomic E-state index is 6.13. The number of halogens is 1. The molecule has 2 N–H and O–H groups in total. The smallest absolute Gasteiger partial charge is 0.139 e. The topological polar surface area (TPSA) is 39.7 Å². The third-order valence-corrected chi connectivity index (χ3v) is 4.82. The number of hydrogen-bond donors (Lipinski definition) is 2. The maximum Gasteiger partial charge on any atom is 0.139 e. The lowest BCUT2D eigenvalue weighted by Gasteiger charge is -2.30. The van der Waals surface area contributed by atoms with Crippen molar-refractivity contribution in [2.24, 2.45) is 4.99 Å². The number of rotatable bonds is 0. The third-order valence-electron chi connectivity index (χ3n) is 3.76. The Hall–Kier alpha value is -1.56. The van der Waals surface area contributed by atoms with Gasteiger partial charge in [0.05, 0.1) is 16.9 Å². The molecule has 4 rings (SSSR count). The average molecular weight is 319 g/mol. The van der Waals surface area contributed by atoms with Crippen molar-refractivity contribution in [2.45, 2.75) is 0 Å². The Morgan fingerprint density at radius 1 is 1.19 bits per heavy atom. The number of thiophene rings is 1. The molecule has 0 radical (unpaired) electrons. The van der Waals surface area contributed by atoms with Gasteiger partial charge in [-0.1, -0.05) is 11.6 Å². The van der Waals surface area contributed by atoms with Gasteiger partial charge in [-0.05, 0) is 29.6 Å². The van der Waals surface area contributed by atoms with Crippen LogP contribution < -0.4 is 10.6 Å². The molecule has 21 heavy (non-hydrogen) atoms. The van der Waals surface area contributed by atoms with Gasteiger partial charge in [-0.3, -0.25) is 0 Å².